The van der Waals surface area contributed by atoms with Crippen molar-refractivity contribution in [2.24, 2.45) is 0 Å². The lowest BCUT2D eigenvalue weighted by atomic mass is 10.2. The lowest BCUT2D eigenvalue weighted by molar-refractivity contribution is 0.281. The number of benzene rings is 1. The SMILES string of the molecule is COc1ccc(Cl)cc1-c1ncc(CO)c(N)n1. The van der Waals surface area contributed by atoms with Gasteiger partial charge in [0.1, 0.15) is 11.6 Å². The van der Waals surface area contributed by atoms with E-state index in [4.69, 9.17) is 27.2 Å². The predicted octanol–water partition coefficient (Wildman–Crippen LogP) is 1.88. The highest BCUT2D eigenvalue weighted by Crippen LogP contribution is 2.30. The molecule has 1 aromatic heterocycles. The summed E-state index contributed by atoms with van der Waals surface area (Å²) in [7, 11) is 1.55. The van der Waals surface area contributed by atoms with Crippen LogP contribution < -0.4 is 10.5 Å². The zero-order chi connectivity index (χ0) is 13.1. The first-order valence-electron chi connectivity index (χ1n) is 5.22. The Hall–Kier alpha value is -1.85. The van der Waals surface area contributed by atoms with E-state index in [0.29, 0.717) is 27.7 Å². The third-order valence-corrected chi connectivity index (χ3v) is 2.71. The van der Waals surface area contributed by atoms with Crippen molar-refractivity contribution in [3.05, 3.63) is 35.0 Å². The smallest absolute Gasteiger partial charge is 0.165 e. The molecule has 3 N–H and O–H groups in total. The molecule has 0 aliphatic rings. The van der Waals surface area contributed by atoms with Crippen LogP contribution in [0.1, 0.15) is 5.56 Å². The number of rotatable bonds is 3. The van der Waals surface area contributed by atoms with Crippen molar-refractivity contribution >= 4 is 17.4 Å². The number of hydrogen-bond acceptors (Lipinski definition) is 5. The second-order valence-corrected chi connectivity index (χ2v) is 4.04. The lowest BCUT2D eigenvalue weighted by Gasteiger charge is -2.09. The minimum Gasteiger partial charge on any atom is -0.496 e. The first-order chi connectivity index (χ1) is 8.65. The highest BCUT2D eigenvalue weighted by molar-refractivity contribution is 6.30. The van der Waals surface area contributed by atoms with E-state index in [1.165, 1.54) is 6.20 Å². The van der Waals surface area contributed by atoms with Gasteiger partial charge >= 0.3 is 0 Å². The van der Waals surface area contributed by atoms with Gasteiger partial charge in [0.05, 0.1) is 19.3 Å². The van der Waals surface area contributed by atoms with Crippen molar-refractivity contribution in [2.45, 2.75) is 6.61 Å². The van der Waals surface area contributed by atoms with Crippen LogP contribution in [0.2, 0.25) is 5.02 Å². The van der Waals surface area contributed by atoms with Crippen LogP contribution in [-0.2, 0) is 6.61 Å². The van der Waals surface area contributed by atoms with E-state index in [-0.39, 0.29) is 12.4 Å². The largest absolute Gasteiger partial charge is 0.496 e. The maximum Gasteiger partial charge on any atom is 0.165 e. The Balaban J connectivity index is 2.54. The van der Waals surface area contributed by atoms with Gasteiger partial charge in [-0.05, 0) is 18.2 Å². The quantitative estimate of drug-likeness (QED) is 0.886. The Morgan fingerprint density at radius 1 is 1.44 bits per heavy atom. The molecule has 0 unspecified atom stereocenters. The van der Waals surface area contributed by atoms with Gasteiger partial charge in [0.25, 0.3) is 0 Å². The minimum absolute atomic E-state index is 0.196. The number of aromatic nitrogens is 2. The van der Waals surface area contributed by atoms with Crippen LogP contribution in [0.3, 0.4) is 0 Å². The Kier molecular flexibility index (Phi) is 3.64. The van der Waals surface area contributed by atoms with Gasteiger partial charge in [-0.2, -0.15) is 0 Å². The van der Waals surface area contributed by atoms with Gasteiger partial charge in [-0.15, -0.1) is 0 Å². The molecular formula is C12H12ClN3O2. The van der Waals surface area contributed by atoms with Gasteiger partial charge in [0.15, 0.2) is 5.82 Å². The Morgan fingerprint density at radius 2 is 2.22 bits per heavy atom. The number of anilines is 1. The van der Waals surface area contributed by atoms with Crippen molar-refractivity contribution in [1.29, 1.82) is 0 Å². The van der Waals surface area contributed by atoms with Crippen LogP contribution in [0.25, 0.3) is 11.4 Å². The molecule has 0 amide bonds. The number of aliphatic hydroxyl groups excluding tert-OH is 1. The summed E-state index contributed by atoms with van der Waals surface area (Å²) in [5.74, 6) is 1.25. The highest BCUT2D eigenvalue weighted by Gasteiger charge is 2.11. The summed E-state index contributed by atoms with van der Waals surface area (Å²) in [6.45, 7) is -0.196. The topological polar surface area (TPSA) is 81.3 Å². The second kappa shape index (κ2) is 5.20. The molecule has 0 radical (unpaired) electrons. The number of halogens is 1. The van der Waals surface area contributed by atoms with Crippen molar-refractivity contribution < 1.29 is 9.84 Å². The number of hydrogen-bond donors (Lipinski definition) is 2. The van der Waals surface area contributed by atoms with Crippen LogP contribution in [0.4, 0.5) is 5.82 Å². The molecule has 5 nitrogen and oxygen atoms in total. The van der Waals surface area contributed by atoms with Gasteiger partial charge < -0.3 is 15.6 Å². The van der Waals surface area contributed by atoms with Crippen LogP contribution in [-0.4, -0.2) is 22.2 Å². The molecule has 0 bridgehead atoms. The van der Waals surface area contributed by atoms with E-state index in [2.05, 4.69) is 9.97 Å². The van der Waals surface area contributed by atoms with E-state index < -0.39 is 0 Å². The molecule has 2 rings (SSSR count). The minimum atomic E-state index is -0.196. The summed E-state index contributed by atoms with van der Waals surface area (Å²) in [5.41, 5.74) is 6.85. The number of aliphatic hydroxyl groups is 1. The average molecular weight is 266 g/mol. The van der Waals surface area contributed by atoms with Crippen LogP contribution in [0.15, 0.2) is 24.4 Å². The summed E-state index contributed by atoms with van der Waals surface area (Å²) in [6.07, 6.45) is 1.48. The van der Waals surface area contributed by atoms with Crippen molar-refractivity contribution in [3.8, 4) is 17.1 Å². The lowest BCUT2D eigenvalue weighted by Crippen LogP contribution is -2.02. The molecule has 0 aliphatic carbocycles. The van der Waals surface area contributed by atoms with Crippen molar-refractivity contribution in [2.75, 3.05) is 12.8 Å². The Labute approximate surface area is 109 Å². The number of nitrogens with zero attached hydrogens (tertiary/aromatic N) is 2. The van der Waals surface area contributed by atoms with E-state index in [9.17, 15) is 0 Å². The van der Waals surface area contributed by atoms with Crippen LogP contribution in [0, 0.1) is 0 Å². The molecule has 0 atom stereocenters. The van der Waals surface area contributed by atoms with Crippen LogP contribution in [0.5, 0.6) is 5.75 Å². The fourth-order valence-corrected chi connectivity index (χ4v) is 1.70. The van der Waals surface area contributed by atoms with E-state index in [0.717, 1.165) is 0 Å². The summed E-state index contributed by atoms with van der Waals surface area (Å²) < 4.78 is 5.22. The van der Waals surface area contributed by atoms with Gasteiger partial charge in [0.2, 0.25) is 0 Å². The molecule has 2 aromatic rings. The number of nitrogens with two attached hydrogens (primary N) is 1. The third kappa shape index (κ3) is 2.37. The zero-order valence-electron chi connectivity index (χ0n) is 9.72. The number of nitrogen functional groups attached to an aromatic ring is 1. The summed E-state index contributed by atoms with van der Waals surface area (Å²) >= 11 is 5.94. The molecular weight excluding hydrogens is 254 g/mol. The fraction of sp³-hybridized carbons (Fsp3) is 0.167. The second-order valence-electron chi connectivity index (χ2n) is 3.61. The monoisotopic (exact) mass is 265 g/mol. The zero-order valence-corrected chi connectivity index (χ0v) is 10.5. The Morgan fingerprint density at radius 3 is 2.83 bits per heavy atom. The molecule has 1 aromatic carbocycles. The summed E-state index contributed by atoms with van der Waals surface area (Å²) in [6, 6.07) is 5.15. The van der Waals surface area contributed by atoms with Crippen molar-refractivity contribution in [1.82, 2.24) is 9.97 Å². The van der Waals surface area contributed by atoms with Gasteiger partial charge in [-0.25, -0.2) is 9.97 Å². The van der Waals surface area contributed by atoms with E-state index in [1.807, 2.05) is 0 Å². The normalized spacial score (nSPS) is 10.4. The maximum atomic E-state index is 9.02. The van der Waals surface area contributed by atoms with Gasteiger partial charge in [0, 0.05) is 16.8 Å². The molecule has 0 saturated carbocycles. The van der Waals surface area contributed by atoms with Crippen molar-refractivity contribution in [3.63, 3.8) is 0 Å². The fourth-order valence-electron chi connectivity index (χ4n) is 1.53. The molecule has 0 spiro atoms. The third-order valence-electron chi connectivity index (χ3n) is 2.47. The molecule has 18 heavy (non-hydrogen) atoms. The van der Waals surface area contributed by atoms with Gasteiger partial charge in [-0.1, -0.05) is 11.6 Å². The molecule has 94 valence electrons. The number of methoxy groups -OCH3 is 1. The average Bonchev–Trinajstić information content (AvgIpc) is 2.38. The van der Waals surface area contributed by atoms with Gasteiger partial charge in [-0.3, -0.25) is 0 Å². The summed E-state index contributed by atoms with van der Waals surface area (Å²) in [4.78, 5) is 8.27. The molecule has 6 heteroatoms. The van der Waals surface area contributed by atoms with E-state index >= 15 is 0 Å². The Bertz CT molecular complexity index is 575. The number of ether oxygens (including phenoxy) is 1. The molecule has 0 fully saturated rings. The van der Waals surface area contributed by atoms with E-state index in [1.54, 1.807) is 25.3 Å². The van der Waals surface area contributed by atoms with Crippen LogP contribution >= 0.6 is 11.6 Å². The standard InChI is InChI=1S/C12H12ClN3O2/c1-18-10-3-2-8(13)4-9(10)12-15-5-7(6-17)11(14)16-12/h2-5,17H,6H2,1H3,(H2,14,15,16). The molecule has 1 heterocycles. The first kappa shape index (κ1) is 12.6. The predicted molar refractivity (Wildman–Crippen MR) is 69.4 cm³/mol. The summed E-state index contributed by atoms with van der Waals surface area (Å²) in [5, 5.41) is 9.57. The highest BCUT2D eigenvalue weighted by atomic mass is 35.5. The first-order valence-corrected chi connectivity index (χ1v) is 5.59. The maximum absolute atomic E-state index is 9.02. The molecule has 0 saturated heterocycles. The molecule has 0 aliphatic heterocycles.